The van der Waals surface area contributed by atoms with E-state index < -0.39 is 0 Å². The number of aromatic nitrogens is 2. The summed E-state index contributed by atoms with van der Waals surface area (Å²) in [4.78, 5) is 16.6. The van der Waals surface area contributed by atoms with Crippen LogP contribution < -0.4 is 16.4 Å². The van der Waals surface area contributed by atoms with Crippen molar-refractivity contribution >= 4 is 23.2 Å². The third-order valence-corrected chi connectivity index (χ3v) is 5.25. The Morgan fingerprint density at radius 3 is 2.43 bits per heavy atom. The quantitative estimate of drug-likeness (QED) is 0.395. The molecule has 0 bridgehead atoms. The minimum absolute atomic E-state index is 0.332. The number of amidine groups is 1. The predicted octanol–water partition coefficient (Wildman–Crippen LogP) is 3.22. The van der Waals surface area contributed by atoms with Crippen molar-refractivity contribution in [3.05, 3.63) is 65.2 Å². The van der Waals surface area contributed by atoms with Crippen molar-refractivity contribution in [2.75, 3.05) is 36.9 Å². The molecule has 30 heavy (non-hydrogen) atoms. The average Bonchev–Trinajstić information content (AvgIpc) is 2.76. The van der Waals surface area contributed by atoms with E-state index in [1.54, 1.807) is 0 Å². The molecular formula is C23H26N6O. The molecule has 1 saturated heterocycles. The topological polar surface area (TPSA) is 103 Å². The van der Waals surface area contributed by atoms with Gasteiger partial charge in [-0.1, -0.05) is 36.4 Å². The Bertz CT molecular complexity index is 1090. The van der Waals surface area contributed by atoms with Gasteiger partial charge in [-0.25, -0.2) is 15.0 Å². The number of nitrogen functional groups attached to an aromatic ring is 1. The minimum atomic E-state index is 0.332. The maximum absolute atomic E-state index is 6.32. The number of nitrogens with zero attached hydrogens (tertiary/aromatic N) is 4. The second kappa shape index (κ2) is 8.51. The fourth-order valence-electron chi connectivity index (χ4n) is 3.53. The molecule has 0 spiro atoms. The van der Waals surface area contributed by atoms with Gasteiger partial charge in [-0.15, -0.1) is 0 Å². The van der Waals surface area contributed by atoms with Crippen LogP contribution in [0.4, 0.5) is 17.3 Å². The molecule has 7 nitrogen and oxygen atoms in total. The van der Waals surface area contributed by atoms with Gasteiger partial charge in [0, 0.05) is 35.5 Å². The lowest BCUT2D eigenvalue weighted by Crippen LogP contribution is -2.37. The Morgan fingerprint density at radius 1 is 1.00 bits per heavy atom. The minimum Gasteiger partial charge on any atom is -0.398 e. The van der Waals surface area contributed by atoms with Gasteiger partial charge in [-0.3, -0.25) is 0 Å². The highest BCUT2D eigenvalue weighted by Gasteiger charge is 2.20. The number of aliphatic imine (C=N–C) groups is 1. The average molecular weight is 403 g/mol. The first-order chi connectivity index (χ1) is 14.5. The number of aryl methyl sites for hydroxylation is 1. The Kier molecular flexibility index (Phi) is 5.63. The normalized spacial score (nSPS) is 14.7. The number of hydrogen-bond donors (Lipinski definition) is 2. The number of anilines is 2. The highest BCUT2D eigenvalue weighted by molar-refractivity contribution is 6.03. The van der Waals surface area contributed by atoms with Crippen LogP contribution in [0.2, 0.25) is 0 Å². The van der Waals surface area contributed by atoms with E-state index in [1.165, 1.54) is 0 Å². The van der Waals surface area contributed by atoms with Crippen LogP contribution in [0.3, 0.4) is 0 Å². The van der Waals surface area contributed by atoms with Crippen molar-refractivity contribution in [3.8, 4) is 11.4 Å². The molecule has 1 aromatic heterocycles. The van der Waals surface area contributed by atoms with E-state index in [2.05, 4.69) is 22.9 Å². The van der Waals surface area contributed by atoms with Crippen molar-refractivity contribution < 1.29 is 4.74 Å². The summed E-state index contributed by atoms with van der Waals surface area (Å²) in [7, 11) is 0. The molecule has 4 N–H and O–H groups in total. The lowest BCUT2D eigenvalue weighted by molar-refractivity contribution is 0.122. The number of para-hydroxylation sites is 1. The van der Waals surface area contributed by atoms with Crippen molar-refractivity contribution in [1.29, 1.82) is 0 Å². The summed E-state index contributed by atoms with van der Waals surface area (Å²) < 4.78 is 5.51. The number of ether oxygens (including phenoxy) is 1. The van der Waals surface area contributed by atoms with Crippen LogP contribution in [0, 0.1) is 13.8 Å². The summed E-state index contributed by atoms with van der Waals surface area (Å²) >= 11 is 0. The summed E-state index contributed by atoms with van der Waals surface area (Å²) in [5.41, 5.74) is 16.6. The lowest BCUT2D eigenvalue weighted by Gasteiger charge is -2.29. The molecule has 154 valence electrons. The van der Waals surface area contributed by atoms with Gasteiger partial charge < -0.3 is 21.1 Å². The fraction of sp³-hybridized carbons (Fsp3) is 0.261. The van der Waals surface area contributed by atoms with Crippen LogP contribution >= 0.6 is 0 Å². The number of hydrogen-bond acceptors (Lipinski definition) is 6. The highest BCUT2D eigenvalue weighted by Crippen LogP contribution is 2.31. The van der Waals surface area contributed by atoms with Crippen molar-refractivity contribution in [2.24, 2.45) is 10.7 Å². The molecule has 4 rings (SSSR count). The van der Waals surface area contributed by atoms with Gasteiger partial charge in [0.1, 0.15) is 11.7 Å². The summed E-state index contributed by atoms with van der Waals surface area (Å²) in [6.07, 6.45) is 0. The van der Waals surface area contributed by atoms with Gasteiger partial charge in [-0.2, -0.15) is 0 Å². The SMILES string of the molecule is Cc1ccccc1-c1nc(N=C(N)c2ccccc2N)c(C)c(N2CCOCC2)n1. The molecular weight excluding hydrogens is 376 g/mol. The molecule has 1 aliphatic heterocycles. The van der Waals surface area contributed by atoms with E-state index in [1.807, 2.05) is 49.4 Å². The number of morpholine rings is 1. The molecule has 0 saturated carbocycles. The highest BCUT2D eigenvalue weighted by atomic mass is 16.5. The van der Waals surface area contributed by atoms with E-state index in [0.29, 0.717) is 41.9 Å². The summed E-state index contributed by atoms with van der Waals surface area (Å²) in [5.74, 6) is 2.37. The third kappa shape index (κ3) is 3.97. The number of nitrogens with two attached hydrogens (primary N) is 2. The van der Waals surface area contributed by atoms with E-state index in [-0.39, 0.29) is 0 Å². The van der Waals surface area contributed by atoms with Gasteiger partial charge in [0.05, 0.1) is 13.2 Å². The Labute approximate surface area is 176 Å². The smallest absolute Gasteiger partial charge is 0.164 e. The molecule has 2 aromatic carbocycles. The van der Waals surface area contributed by atoms with Crippen LogP contribution in [0.15, 0.2) is 53.5 Å². The fourth-order valence-corrected chi connectivity index (χ4v) is 3.53. The summed E-state index contributed by atoms with van der Waals surface area (Å²) in [5, 5.41) is 0. The molecule has 3 aromatic rings. The first-order valence-corrected chi connectivity index (χ1v) is 10.0. The van der Waals surface area contributed by atoms with Crippen molar-refractivity contribution in [1.82, 2.24) is 9.97 Å². The third-order valence-electron chi connectivity index (χ3n) is 5.25. The zero-order valence-corrected chi connectivity index (χ0v) is 17.3. The van der Waals surface area contributed by atoms with Gasteiger partial charge in [0.15, 0.2) is 11.6 Å². The molecule has 1 fully saturated rings. The molecule has 2 heterocycles. The predicted molar refractivity (Wildman–Crippen MR) is 121 cm³/mol. The first-order valence-electron chi connectivity index (χ1n) is 10.0. The largest absolute Gasteiger partial charge is 0.398 e. The van der Waals surface area contributed by atoms with Crippen molar-refractivity contribution in [3.63, 3.8) is 0 Å². The van der Waals surface area contributed by atoms with Crippen LogP contribution in [-0.2, 0) is 4.74 Å². The molecule has 0 aliphatic carbocycles. The molecule has 7 heteroatoms. The summed E-state index contributed by atoms with van der Waals surface area (Å²) in [6.45, 7) is 6.92. The maximum atomic E-state index is 6.32. The second-order valence-electron chi connectivity index (χ2n) is 7.32. The Morgan fingerprint density at radius 2 is 1.70 bits per heavy atom. The Balaban J connectivity index is 1.86. The van der Waals surface area contributed by atoms with Gasteiger partial charge in [0.2, 0.25) is 0 Å². The van der Waals surface area contributed by atoms with E-state index in [0.717, 1.165) is 35.6 Å². The number of rotatable bonds is 4. The lowest BCUT2D eigenvalue weighted by atomic mass is 10.1. The van der Waals surface area contributed by atoms with Gasteiger partial charge in [0.25, 0.3) is 0 Å². The molecule has 0 atom stereocenters. The molecule has 0 unspecified atom stereocenters. The molecule has 0 amide bonds. The maximum Gasteiger partial charge on any atom is 0.164 e. The molecule has 0 radical (unpaired) electrons. The zero-order chi connectivity index (χ0) is 21.1. The summed E-state index contributed by atoms with van der Waals surface area (Å²) in [6, 6.07) is 15.5. The first kappa shape index (κ1) is 19.8. The van der Waals surface area contributed by atoms with Crippen molar-refractivity contribution in [2.45, 2.75) is 13.8 Å². The number of benzene rings is 2. The van der Waals surface area contributed by atoms with E-state index in [9.17, 15) is 0 Å². The van der Waals surface area contributed by atoms with Crippen LogP contribution in [0.1, 0.15) is 16.7 Å². The zero-order valence-electron chi connectivity index (χ0n) is 17.3. The van der Waals surface area contributed by atoms with E-state index in [4.69, 9.17) is 26.2 Å². The monoisotopic (exact) mass is 402 g/mol. The molecule has 1 aliphatic rings. The standard InChI is InChI=1S/C23H26N6O/c1-15-7-3-4-8-17(15)22-27-21(26-20(25)18-9-5-6-10-19(18)24)16(2)23(28-22)29-11-13-30-14-12-29/h3-10H,11-14,24H2,1-2H3,(H2,25,26,27,28). The van der Waals surface area contributed by atoms with Crippen LogP contribution in [-0.4, -0.2) is 42.1 Å². The van der Waals surface area contributed by atoms with Crippen LogP contribution in [0.5, 0.6) is 0 Å². The van der Waals surface area contributed by atoms with Gasteiger partial charge in [-0.05, 0) is 31.5 Å². The van der Waals surface area contributed by atoms with Gasteiger partial charge >= 0.3 is 0 Å². The second-order valence-corrected chi connectivity index (χ2v) is 7.32. The Hall–Kier alpha value is -3.45. The van der Waals surface area contributed by atoms with E-state index >= 15 is 0 Å². The van der Waals surface area contributed by atoms with Crippen LogP contribution in [0.25, 0.3) is 11.4 Å².